The molecule has 0 radical (unpaired) electrons. The summed E-state index contributed by atoms with van der Waals surface area (Å²) in [6.07, 6.45) is 0.990. The van der Waals surface area contributed by atoms with E-state index in [0.29, 0.717) is 11.3 Å². The summed E-state index contributed by atoms with van der Waals surface area (Å²) in [6, 6.07) is 5.74. The maximum atomic E-state index is 12.7. The highest BCUT2D eigenvalue weighted by molar-refractivity contribution is 6.03. The molecule has 0 fully saturated rings. The summed E-state index contributed by atoms with van der Waals surface area (Å²) in [5.74, 6) is -0.739. The summed E-state index contributed by atoms with van der Waals surface area (Å²) in [4.78, 5) is 15.6. The highest BCUT2D eigenvalue weighted by Crippen LogP contribution is 2.25. The number of carbonyl (C=O) groups excluding carboxylic acids is 1. The van der Waals surface area contributed by atoms with Crippen molar-refractivity contribution in [2.24, 2.45) is 0 Å². The summed E-state index contributed by atoms with van der Waals surface area (Å²) < 4.78 is 12.7. The monoisotopic (exact) mass is 260 g/mol. The number of phenols is 1. The van der Waals surface area contributed by atoms with Crippen LogP contribution in [0.25, 0.3) is 0 Å². The van der Waals surface area contributed by atoms with E-state index in [2.05, 4.69) is 10.3 Å². The summed E-state index contributed by atoms with van der Waals surface area (Å²) in [5, 5.41) is 12.2. The lowest BCUT2D eigenvalue weighted by molar-refractivity contribution is 0.102. The molecule has 2 aromatic rings. The fourth-order valence-electron chi connectivity index (χ4n) is 1.63. The minimum absolute atomic E-state index is 0.131. The lowest BCUT2D eigenvalue weighted by Gasteiger charge is -2.10. The van der Waals surface area contributed by atoms with Crippen LogP contribution in [0, 0.1) is 19.7 Å². The van der Waals surface area contributed by atoms with Crippen molar-refractivity contribution < 1.29 is 14.3 Å². The molecule has 0 aliphatic heterocycles. The van der Waals surface area contributed by atoms with E-state index >= 15 is 0 Å². The van der Waals surface area contributed by atoms with Gasteiger partial charge in [-0.05, 0) is 49.2 Å². The minimum atomic E-state index is -0.492. The van der Waals surface area contributed by atoms with Crippen LogP contribution < -0.4 is 5.32 Å². The smallest absolute Gasteiger partial charge is 0.274 e. The number of pyridine rings is 1. The van der Waals surface area contributed by atoms with Gasteiger partial charge in [-0.3, -0.25) is 4.79 Å². The van der Waals surface area contributed by atoms with Crippen LogP contribution in [0.4, 0.5) is 10.1 Å². The molecule has 0 bridgehead atoms. The predicted molar refractivity (Wildman–Crippen MR) is 69.7 cm³/mol. The number of carbonyl (C=O) groups is 1. The number of benzene rings is 1. The molecule has 2 rings (SSSR count). The Kier molecular flexibility index (Phi) is 3.46. The third-order valence-electron chi connectivity index (χ3n) is 2.75. The summed E-state index contributed by atoms with van der Waals surface area (Å²) in [6.45, 7) is 3.51. The second-order valence-electron chi connectivity index (χ2n) is 4.27. The molecule has 0 atom stereocenters. The SMILES string of the molecule is Cc1cc(NC(=O)c2ccc(F)cn2)c(C)cc1O. The number of nitrogens with zero attached hydrogens (tertiary/aromatic N) is 1. The Balaban J connectivity index is 2.24. The van der Waals surface area contributed by atoms with E-state index in [1.54, 1.807) is 26.0 Å². The first-order chi connectivity index (χ1) is 8.97. The van der Waals surface area contributed by atoms with Gasteiger partial charge in [0.15, 0.2) is 0 Å². The van der Waals surface area contributed by atoms with Crippen LogP contribution in [0.2, 0.25) is 0 Å². The number of aryl methyl sites for hydroxylation is 2. The van der Waals surface area contributed by atoms with Gasteiger partial charge in [-0.2, -0.15) is 0 Å². The minimum Gasteiger partial charge on any atom is -0.508 e. The number of hydrogen-bond donors (Lipinski definition) is 2. The lowest BCUT2D eigenvalue weighted by atomic mass is 10.1. The Labute approximate surface area is 109 Å². The Bertz CT molecular complexity index is 624. The molecule has 0 aliphatic rings. The zero-order chi connectivity index (χ0) is 14.0. The van der Waals surface area contributed by atoms with Crippen LogP contribution in [0.1, 0.15) is 21.6 Å². The van der Waals surface area contributed by atoms with E-state index in [1.165, 1.54) is 12.1 Å². The highest BCUT2D eigenvalue weighted by atomic mass is 19.1. The number of amides is 1. The Morgan fingerprint density at radius 3 is 2.63 bits per heavy atom. The number of phenolic OH excluding ortho intramolecular Hbond substituents is 1. The van der Waals surface area contributed by atoms with E-state index in [1.807, 2.05) is 0 Å². The van der Waals surface area contributed by atoms with Crippen molar-refractivity contribution in [3.8, 4) is 5.75 Å². The number of rotatable bonds is 2. The van der Waals surface area contributed by atoms with Gasteiger partial charge in [-0.1, -0.05) is 0 Å². The fourth-order valence-corrected chi connectivity index (χ4v) is 1.63. The summed E-state index contributed by atoms with van der Waals surface area (Å²) >= 11 is 0. The highest BCUT2D eigenvalue weighted by Gasteiger charge is 2.10. The molecule has 1 amide bonds. The van der Waals surface area contributed by atoms with Crippen molar-refractivity contribution in [3.05, 3.63) is 53.1 Å². The summed E-state index contributed by atoms with van der Waals surface area (Å²) in [7, 11) is 0. The van der Waals surface area contributed by atoms with Crippen molar-refractivity contribution in [2.75, 3.05) is 5.32 Å². The normalized spacial score (nSPS) is 10.3. The first kappa shape index (κ1) is 13.0. The van der Waals surface area contributed by atoms with Gasteiger partial charge in [0, 0.05) is 5.69 Å². The first-order valence-corrected chi connectivity index (χ1v) is 5.70. The van der Waals surface area contributed by atoms with Gasteiger partial charge in [0.25, 0.3) is 5.91 Å². The van der Waals surface area contributed by atoms with Crippen LogP contribution in [-0.2, 0) is 0 Å². The average Bonchev–Trinajstić information content (AvgIpc) is 2.36. The molecule has 0 spiro atoms. The average molecular weight is 260 g/mol. The second kappa shape index (κ2) is 5.06. The van der Waals surface area contributed by atoms with Gasteiger partial charge < -0.3 is 10.4 Å². The number of aromatic hydroxyl groups is 1. The molecule has 0 saturated heterocycles. The number of halogens is 1. The molecule has 0 saturated carbocycles. The van der Waals surface area contributed by atoms with Gasteiger partial charge >= 0.3 is 0 Å². The van der Waals surface area contributed by atoms with E-state index in [4.69, 9.17) is 0 Å². The molecule has 1 aromatic heterocycles. The van der Waals surface area contributed by atoms with Crippen molar-refractivity contribution in [1.82, 2.24) is 4.98 Å². The molecule has 98 valence electrons. The van der Waals surface area contributed by atoms with Crippen LogP contribution in [0.5, 0.6) is 5.75 Å². The predicted octanol–water partition coefficient (Wildman–Crippen LogP) is 2.80. The van der Waals surface area contributed by atoms with Crippen molar-refractivity contribution in [2.45, 2.75) is 13.8 Å². The largest absolute Gasteiger partial charge is 0.508 e. The Morgan fingerprint density at radius 1 is 1.26 bits per heavy atom. The Morgan fingerprint density at radius 2 is 2.00 bits per heavy atom. The van der Waals surface area contributed by atoms with Crippen molar-refractivity contribution in [3.63, 3.8) is 0 Å². The Hall–Kier alpha value is -2.43. The molecule has 19 heavy (non-hydrogen) atoms. The van der Waals surface area contributed by atoms with Crippen LogP contribution >= 0.6 is 0 Å². The molecular weight excluding hydrogens is 247 g/mol. The first-order valence-electron chi connectivity index (χ1n) is 5.70. The summed E-state index contributed by atoms with van der Waals surface area (Å²) in [5.41, 5.74) is 2.12. The number of nitrogens with one attached hydrogen (secondary N) is 1. The lowest BCUT2D eigenvalue weighted by Crippen LogP contribution is -2.14. The zero-order valence-electron chi connectivity index (χ0n) is 10.6. The molecule has 2 N–H and O–H groups in total. The molecule has 4 nitrogen and oxygen atoms in total. The molecule has 0 unspecified atom stereocenters. The standard InChI is InChI=1S/C14H13FN2O2/c1-8-6-13(18)9(2)5-12(8)17-14(19)11-4-3-10(15)7-16-11/h3-7,18H,1-2H3,(H,17,19). The third kappa shape index (κ3) is 2.88. The van der Waals surface area contributed by atoms with Crippen LogP contribution in [0.3, 0.4) is 0 Å². The number of anilines is 1. The van der Waals surface area contributed by atoms with Crippen LogP contribution in [-0.4, -0.2) is 16.0 Å². The van der Waals surface area contributed by atoms with Gasteiger partial charge in [-0.25, -0.2) is 9.37 Å². The van der Waals surface area contributed by atoms with Gasteiger partial charge in [0.1, 0.15) is 17.3 Å². The molecule has 1 aromatic carbocycles. The van der Waals surface area contributed by atoms with E-state index in [9.17, 15) is 14.3 Å². The number of hydrogen-bond acceptors (Lipinski definition) is 3. The maximum Gasteiger partial charge on any atom is 0.274 e. The van der Waals surface area contributed by atoms with E-state index in [-0.39, 0.29) is 11.4 Å². The number of aromatic nitrogens is 1. The van der Waals surface area contributed by atoms with Gasteiger partial charge in [0.2, 0.25) is 0 Å². The van der Waals surface area contributed by atoms with Gasteiger partial charge in [-0.15, -0.1) is 0 Å². The van der Waals surface area contributed by atoms with Crippen molar-refractivity contribution >= 4 is 11.6 Å². The molecular formula is C14H13FN2O2. The van der Waals surface area contributed by atoms with Crippen LogP contribution in [0.15, 0.2) is 30.5 Å². The van der Waals surface area contributed by atoms with E-state index in [0.717, 1.165) is 11.8 Å². The zero-order valence-corrected chi connectivity index (χ0v) is 10.6. The molecule has 0 aliphatic carbocycles. The molecule has 5 heteroatoms. The quantitative estimate of drug-likeness (QED) is 0.816. The maximum absolute atomic E-state index is 12.7. The topological polar surface area (TPSA) is 62.2 Å². The third-order valence-corrected chi connectivity index (χ3v) is 2.75. The van der Waals surface area contributed by atoms with E-state index < -0.39 is 11.7 Å². The second-order valence-corrected chi connectivity index (χ2v) is 4.27. The van der Waals surface area contributed by atoms with Gasteiger partial charge in [0.05, 0.1) is 6.20 Å². The molecule has 1 heterocycles. The fraction of sp³-hybridized carbons (Fsp3) is 0.143. The van der Waals surface area contributed by atoms with Crippen molar-refractivity contribution in [1.29, 1.82) is 0 Å².